The molecule has 2 N–H and O–H groups in total. The molecule has 0 bridgehead atoms. The van der Waals surface area contributed by atoms with E-state index >= 15 is 0 Å². The molecule has 6 rings (SSSR count). The lowest BCUT2D eigenvalue weighted by Gasteiger charge is -2.18. The van der Waals surface area contributed by atoms with E-state index in [2.05, 4.69) is 10.2 Å². The van der Waals surface area contributed by atoms with Crippen LogP contribution in [0.15, 0.2) is 113 Å². The molecule has 0 aliphatic rings. The Balaban J connectivity index is 1.52. The molecular formula is C35H29ClN4O5. The summed E-state index contributed by atoms with van der Waals surface area (Å²) in [5.74, 6) is -1.06. The van der Waals surface area contributed by atoms with Gasteiger partial charge in [0.25, 0.3) is 11.1 Å². The molecule has 9 nitrogen and oxygen atoms in total. The highest BCUT2D eigenvalue weighted by atomic mass is 35.5. The summed E-state index contributed by atoms with van der Waals surface area (Å²) in [5, 5.41) is 6.63. The fourth-order valence-corrected chi connectivity index (χ4v) is 5.74. The maximum atomic E-state index is 14.1. The van der Waals surface area contributed by atoms with Crippen molar-refractivity contribution in [1.82, 2.24) is 19.6 Å². The van der Waals surface area contributed by atoms with Crippen LogP contribution in [0.4, 0.5) is 0 Å². The van der Waals surface area contributed by atoms with Crippen LogP contribution in [0.5, 0.6) is 11.5 Å². The highest BCUT2D eigenvalue weighted by Gasteiger charge is 2.32. The number of aromatic nitrogens is 4. The monoisotopic (exact) mass is 620 g/mol. The number of benzene rings is 4. The number of carbonyl (C=O) groups is 1. The Kier molecular flexibility index (Phi) is 8.02. The summed E-state index contributed by atoms with van der Waals surface area (Å²) >= 11 is 6.21. The van der Waals surface area contributed by atoms with Crippen LogP contribution in [0.25, 0.3) is 11.4 Å². The zero-order valence-corrected chi connectivity index (χ0v) is 25.5. The predicted octanol–water partition coefficient (Wildman–Crippen LogP) is 6.32. The number of para-hydroxylation sites is 2. The van der Waals surface area contributed by atoms with E-state index in [4.69, 9.17) is 21.1 Å². The number of aromatic amines is 2. The van der Waals surface area contributed by atoms with Gasteiger partial charge in [0, 0.05) is 17.3 Å². The predicted molar refractivity (Wildman–Crippen MR) is 173 cm³/mol. The largest absolute Gasteiger partial charge is 0.493 e. The Morgan fingerprint density at radius 1 is 0.711 bits per heavy atom. The smallest absolute Gasteiger partial charge is 0.345 e. The topological polar surface area (TPSA) is 111 Å². The van der Waals surface area contributed by atoms with Gasteiger partial charge in [0.15, 0.2) is 11.5 Å². The molecule has 10 heteroatoms. The fraction of sp³-hybridized carbons (Fsp3) is 0.114. The zero-order chi connectivity index (χ0) is 31.7. The third kappa shape index (κ3) is 5.49. The first-order chi connectivity index (χ1) is 21.8. The van der Waals surface area contributed by atoms with E-state index in [0.717, 1.165) is 0 Å². The first-order valence-electron chi connectivity index (χ1n) is 14.2. The summed E-state index contributed by atoms with van der Waals surface area (Å²) in [5.41, 5.74) is 3.46. The van der Waals surface area contributed by atoms with E-state index in [1.54, 1.807) is 56.3 Å². The van der Waals surface area contributed by atoms with Crippen molar-refractivity contribution in [3.05, 3.63) is 163 Å². The number of nitrogens with one attached hydrogen (secondary N) is 2. The van der Waals surface area contributed by atoms with Gasteiger partial charge in [-0.2, -0.15) is 0 Å². The van der Waals surface area contributed by atoms with Gasteiger partial charge in [-0.15, -0.1) is 0 Å². The van der Waals surface area contributed by atoms with Gasteiger partial charge in [0.2, 0.25) is 0 Å². The maximum absolute atomic E-state index is 14.1. The van der Waals surface area contributed by atoms with Gasteiger partial charge in [-0.05, 0) is 67.9 Å². The number of H-pyrrole nitrogens is 2. The Morgan fingerprint density at radius 2 is 1.22 bits per heavy atom. The number of ether oxygens (including phenoxy) is 2. The molecule has 0 atom stereocenters. The SMILES string of the molecule is COc1cc(C(c2c(C)[nH]n(-c3ccccc3)c2=O)c2c(C)[nH]n(-c3ccccc3)c2=O)ccc1OC(=O)c1ccccc1Cl. The fourth-order valence-electron chi connectivity index (χ4n) is 5.52. The molecule has 226 valence electrons. The second kappa shape index (κ2) is 12.2. The van der Waals surface area contributed by atoms with Crippen molar-refractivity contribution in [1.29, 1.82) is 0 Å². The number of halogens is 1. The summed E-state index contributed by atoms with van der Waals surface area (Å²) in [7, 11) is 1.45. The lowest BCUT2D eigenvalue weighted by molar-refractivity contribution is 0.0730. The summed E-state index contributed by atoms with van der Waals surface area (Å²) in [4.78, 5) is 41.2. The van der Waals surface area contributed by atoms with Crippen LogP contribution in [0.3, 0.4) is 0 Å². The summed E-state index contributed by atoms with van der Waals surface area (Å²) in [6, 6.07) is 30.0. The van der Waals surface area contributed by atoms with Crippen molar-refractivity contribution >= 4 is 17.6 Å². The molecule has 2 heterocycles. The Bertz CT molecular complexity index is 2030. The minimum absolute atomic E-state index is 0.157. The molecule has 0 radical (unpaired) electrons. The van der Waals surface area contributed by atoms with Gasteiger partial charge in [-0.1, -0.05) is 66.2 Å². The van der Waals surface area contributed by atoms with Crippen LogP contribution in [0, 0.1) is 13.8 Å². The Labute approximate surface area is 263 Å². The van der Waals surface area contributed by atoms with Gasteiger partial charge in [0.05, 0.1) is 40.2 Å². The van der Waals surface area contributed by atoms with E-state index in [1.165, 1.54) is 16.5 Å². The maximum Gasteiger partial charge on any atom is 0.345 e. The molecule has 0 aliphatic carbocycles. The van der Waals surface area contributed by atoms with Crippen molar-refractivity contribution in [3.63, 3.8) is 0 Å². The number of methoxy groups -OCH3 is 1. The van der Waals surface area contributed by atoms with E-state index < -0.39 is 11.9 Å². The van der Waals surface area contributed by atoms with Crippen molar-refractivity contribution in [3.8, 4) is 22.9 Å². The molecule has 4 aromatic carbocycles. The second-order valence-electron chi connectivity index (χ2n) is 10.5. The minimum atomic E-state index is -0.811. The average Bonchev–Trinajstić information content (AvgIpc) is 3.52. The third-order valence-corrected chi connectivity index (χ3v) is 7.99. The molecule has 0 fully saturated rings. The van der Waals surface area contributed by atoms with E-state index in [9.17, 15) is 14.4 Å². The summed E-state index contributed by atoms with van der Waals surface area (Å²) < 4.78 is 14.3. The third-order valence-electron chi connectivity index (χ3n) is 7.66. The lowest BCUT2D eigenvalue weighted by Crippen LogP contribution is -2.25. The molecule has 0 aliphatic heterocycles. The summed E-state index contributed by atoms with van der Waals surface area (Å²) in [6.45, 7) is 3.61. The molecule has 0 saturated heterocycles. The lowest BCUT2D eigenvalue weighted by atomic mass is 9.85. The number of carbonyl (C=O) groups excluding carboxylic acids is 1. The highest BCUT2D eigenvalue weighted by molar-refractivity contribution is 6.33. The van der Waals surface area contributed by atoms with Crippen molar-refractivity contribution in [2.24, 2.45) is 0 Å². The molecule has 0 spiro atoms. The van der Waals surface area contributed by atoms with Crippen LogP contribution in [0.1, 0.15) is 44.4 Å². The normalized spacial score (nSPS) is 11.1. The van der Waals surface area contributed by atoms with Crippen LogP contribution in [0.2, 0.25) is 5.02 Å². The molecule has 0 amide bonds. The molecule has 0 saturated carbocycles. The first-order valence-corrected chi connectivity index (χ1v) is 14.5. The molecule has 45 heavy (non-hydrogen) atoms. The average molecular weight is 621 g/mol. The number of aryl methyl sites for hydroxylation is 2. The van der Waals surface area contributed by atoms with Crippen molar-refractivity contribution < 1.29 is 14.3 Å². The molecular weight excluding hydrogens is 592 g/mol. The number of nitrogens with zero attached hydrogens (tertiary/aromatic N) is 2. The minimum Gasteiger partial charge on any atom is -0.493 e. The van der Waals surface area contributed by atoms with Gasteiger partial charge in [0.1, 0.15) is 0 Å². The van der Waals surface area contributed by atoms with Gasteiger partial charge >= 0.3 is 5.97 Å². The Morgan fingerprint density at radius 3 is 1.73 bits per heavy atom. The van der Waals surface area contributed by atoms with Crippen LogP contribution < -0.4 is 20.6 Å². The standard InChI is InChI=1S/C35H29ClN4O5/c1-21-30(33(41)39(37-21)24-12-6-4-7-13-24)32(31-22(2)38-40(34(31)42)25-14-8-5-9-15-25)23-18-19-28(29(20-23)44-3)45-35(43)26-16-10-11-17-27(26)36/h4-20,32,37-38H,1-3H3. The van der Waals surface area contributed by atoms with Crippen LogP contribution in [-0.2, 0) is 0 Å². The van der Waals surface area contributed by atoms with E-state index in [1.807, 2.05) is 60.7 Å². The number of hydrogen-bond donors (Lipinski definition) is 2. The Hall–Kier alpha value is -5.54. The van der Waals surface area contributed by atoms with Crippen molar-refractivity contribution in [2.45, 2.75) is 19.8 Å². The van der Waals surface area contributed by atoms with Crippen molar-refractivity contribution in [2.75, 3.05) is 7.11 Å². The van der Waals surface area contributed by atoms with Crippen LogP contribution in [-0.4, -0.2) is 32.6 Å². The molecule has 6 aromatic rings. The number of rotatable bonds is 8. The highest BCUT2D eigenvalue weighted by Crippen LogP contribution is 2.38. The quantitative estimate of drug-likeness (QED) is 0.153. The van der Waals surface area contributed by atoms with E-state index in [-0.39, 0.29) is 33.2 Å². The van der Waals surface area contributed by atoms with Gasteiger partial charge in [-0.25, -0.2) is 14.2 Å². The molecule has 2 aromatic heterocycles. The second-order valence-corrected chi connectivity index (χ2v) is 10.9. The first kappa shape index (κ1) is 29.5. The molecule has 0 unspecified atom stereocenters. The number of esters is 1. The van der Waals surface area contributed by atoms with Crippen LogP contribution >= 0.6 is 11.6 Å². The van der Waals surface area contributed by atoms with E-state index in [0.29, 0.717) is 39.5 Å². The zero-order valence-electron chi connectivity index (χ0n) is 24.7. The van der Waals surface area contributed by atoms with Gasteiger partial charge in [-0.3, -0.25) is 19.8 Å². The number of hydrogen-bond acceptors (Lipinski definition) is 5. The summed E-state index contributed by atoms with van der Waals surface area (Å²) in [6.07, 6.45) is 0. The van der Waals surface area contributed by atoms with Gasteiger partial charge < -0.3 is 9.47 Å².